The van der Waals surface area contributed by atoms with Gasteiger partial charge in [0, 0.05) is 37.4 Å². The van der Waals surface area contributed by atoms with Gasteiger partial charge in [-0.25, -0.2) is 9.78 Å². The number of aryl methyl sites for hydroxylation is 1. The van der Waals surface area contributed by atoms with Crippen molar-refractivity contribution >= 4 is 12.0 Å². The number of ether oxygens (including phenoxy) is 3. The number of aromatic nitrogens is 1. The monoisotopic (exact) mass is 420 g/mol. The van der Waals surface area contributed by atoms with Crippen molar-refractivity contribution in [3.05, 3.63) is 23.4 Å². The third-order valence-corrected chi connectivity index (χ3v) is 5.45. The summed E-state index contributed by atoms with van der Waals surface area (Å²) in [5, 5.41) is 5.90. The molecule has 166 valence electrons. The number of alkyl carbamates (subject to hydrolysis) is 1. The van der Waals surface area contributed by atoms with E-state index in [0.717, 1.165) is 37.1 Å². The van der Waals surface area contributed by atoms with Crippen LogP contribution in [0.4, 0.5) is 4.79 Å². The lowest BCUT2D eigenvalue weighted by molar-refractivity contribution is -0.148. The highest BCUT2D eigenvalue weighted by atomic mass is 16.5. The van der Waals surface area contributed by atoms with Crippen molar-refractivity contribution in [1.82, 2.24) is 20.5 Å². The SMILES string of the molecule is COC(=O)NCCCc1cc(C(C)N(C(=O)[C@H]2CNCCO2)C2CC2)cc(OC)n1. The average Bonchev–Trinajstić information content (AvgIpc) is 3.61. The van der Waals surface area contributed by atoms with E-state index >= 15 is 0 Å². The molecule has 2 heterocycles. The summed E-state index contributed by atoms with van der Waals surface area (Å²) in [7, 11) is 2.93. The Morgan fingerprint density at radius 3 is 2.80 bits per heavy atom. The van der Waals surface area contributed by atoms with Crippen LogP contribution in [0.25, 0.3) is 0 Å². The van der Waals surface area contributed by atoms with Crippen LogP contribution in [0.3, 0.4) is 0 Å². The van der Waals surface area contributed by atoms with Gasteiger partial charge in [0.25, 0.3) is 5.91 Å². The zero-order chi connectivity index (χ0) is 21.5. The van der Waals surface area contributed by atoms with Crippen LogP contribution >= 0.6 is 0 Å². The highest BCUT2D eigenvalue weighted by Crippen LogP contribution is 2.36. The van der Waals surface area contributed by atoms with E-state index in [9.17, 15) is 9.59 Å². The molecule has 3 rings (SSSR count). The van der Waals surface area contributed by atoms with Gasteiger partial charge < -0.3 is 29.7 Å². The molecular weight excluding hydrogens is 388 g/mol. The van der Waals surface area contributed by atoms with Gasteiger partial charge >= 0.3 is 6.09 Å². The first kappa shape index (κ1) is 22.3. The topological polar surface area (TPSA) is 102 Å². The van der Waals surface area contributed by atoms with Gasteiger partial charge in [-0.3, -0.25) is 4.79 Å². The standard InChI is InChI=1S/C21H32N4O5/c1-14(25(17-6-7-17)20(26)18-13-22-9-10-30-18)15-11-16(24-19(12-15)28-2)5-4-8-23-21(27)29-3/h11-12,14,17-18,22H,4-10,13H2,1-3H3,(H,23,27)/t14?,18-/m1/s1. The summed E-state index contributed by atoms with van der Waals surface area (Å²) in [6.45, 7) is 4.42. The second kappa shape index (κ2) is 10.6. The zero-order valence-electron chi connectivity index (χ0n) is 18.0. The van der Waals surface area contributed by atoms with E-state index in [-0.39, 0.29) is 18.0 Å². The minimum Gasteiger partial charge on any atom is -0.481 e. The number of carbonyl (C=O) groups is 2. The molecule has 2 atom stereocenters. The van der Waals surface area contributed by atoms with Gasteiger partial charge in [0.2, 0.25) is 5.88 Å². The number of pyridine rings is 1. The molecule has 30 heavy (non-hydrogen) atoms. The van der Waals surface area contributed by atoms with Gasteiger partial charge in [-0.1, -0.05) is 0 Å². The van der Waals surface area contributed by atoms with E-state index in [1.165, 1.54) is 7.11 Å². The molecule has 1 saturated carbocycles. The number of morpholine rings is 1. The molecule has 2 N–H and O–H groups in total. The molecule has 1 aliphatic carbocycles. The van der Waals surface area contributed by atoms with E-state index < -0.39 is 12.2 Å². The van der Waals surface area contributed by atoms with Crippen molar-refractivity contribution in [1.29, 1.82) is 0 Å². The number of nitrogens with zero attached hydrogens (tertiary/aromatic N) is 2. The van der Waals surface area contributed by atoms with E-state index in [1.54, 1.807) is 7.11 Å². The Labute approximate surface area is 177 Å². The number of nitrogens with one attached hydrogen (secondary N) is 2. The molecule has 1 aromatic rings. The molecule has 1 aromatic heterocycles. The minimum atomic E-state index is -0.444. The van der Waals surface area contributed by atoms with Crippen molar-refractivity contribution in [2.24, 2.45) is 0 Å². The Morgan fingerprint density at radius 1 is 1.37 bits per heavy atom. The first-order chi connectivity index (χ1) is 14.5. The Morgan fingerprint density at radius 2 is 2.17 bits per heavy atom. The first-order valence-corrected chi connectivity index (χ1v) is 10.5. The maximum absolute atomic E-state index is 13.2. The summed E-state index contributed by atoms with van der Waals surface area (Å²) in [5.41, 5.74) is 1.85. The van der Waals surface area contributed by atoms with Gasteiger partial charge in [-0.15, -0.1) is 0 Å². The van der Waals surface area contributed by atoms with Gasteiger partial charge in [0.05, 0.1) is 26.9 Å². The molecule has 0 aromatic carbocycles. The van der Waals surface area contributed by atoms with Crippen molar-refractivity contribution in [2.45, 2.75) is 50.8 Å². The summed E-state index contributed by atoms with van der Waals surface area (Å²) >= 11 is 0. The predicted octanol–water partition coefficient (Wildman–Crippen LogP) is 1.42. The van der Waals surface area contributed by atoms with Crippen LogP contribution in [0.2, 0.25) is 0 Å². The molecular formula is C21H32N4O5. The molecule has 0 radical (unpaired) electrons. The highest BCUT2D eigenvalue weighted by Gasteiger charge is 2.40. The average molecular weight is 421 g/mol. The summed E-state index contributed by atoms with van der Waals surface area (Å²) in [6, 6.07) is 4.06. The zero-order valence-corrected chi connectivity index (χ0v) is 18.0. The fourth-order valence-corrected chi connectivity index (χ4v) is 3.68. The van der Waals surface area contributed by atoms with Crippen molar-refractivity contribution in [2.75, 3.05) is 40.5 Å². The highest BCUT2D eigenvalue weighted by molar-refractivity contribution is 5.82. The molecule has 1 aliphatic heterocycles. The van der Waals surface area contributed by atoms with Crippen LogP contribution in [0, 0.1) is 0 Å². The number of carbonyl (C=O) groups excluding carboxylic acids is 2. The molecule has 2 amide bonds. The number of hydrogen-bond donors (Lipinski definition) is 2. The van der Waals surface area contributed by atoms with Crippen molar-refractivity contribution in [3.8, 4) is 5.88 Å². The Balaban J connectivity index is 1.71. The summed E-state index contributed by atoms with van der Waals surface area (Å²) < 4.78 is 15.7. The maximum Gasteiger partial charge on any atom is 0.406 e. The number of amides is 2. The summed E-state index contributed by atoms with van der Waals surface area (Å²) in [6.07, 6.45) is 2.55. The molecule has 0 spiro atoms. The normalized spacial score (nSPS) is 19.6. The molecule has 2 fully saturated rings. The number of rotatable bonds is 9. The molecule has 9 nitrogen and oxygen atoms in total. The molecule has 9 heteroatoms. The third-order valence-electron chi connectivity index (χ3n) is 5.45. The molecule has 0 bridgehead atoms. The Bertz CT molecular complexity index is 734. The minimum absolute atomic E-state index is 0.0387. The lowest BCUT2D eigenvalue weighted by atomic mass is 10.0. The molecule has 1 saturated heterocycles. The number of hydrogen-bond acceptors (Lipinski definition) is 7. The maximum atomic E-state index is 13.2. The van der Waals surface area contributed by atoms with E-state index in [1.807, 2.05) is 24.0 Å². The smallest absolute Gasteiger partial charge is 0.406 e. The van der Waals surface area contributed by atoms with Gasteiger partial charge in [-0.2, -0.15) is 0 Å². The van der Waals surface area contributed by atoms with Gasteiger partial charge in [0.15, 0.2) is 0 Å². The quantitative estimate of drug-likeness (QED) is 0.583. The summed E-state index contributed by atoms with van der Waals surface area (Å²) in [5.74, 6) is 0.561. The predicted molar refractivity (Wildman–Crippen MR) is 110 cm³/mol. The summed E-state index contributed by atoms with van der Waals surface area (Å²) in [4.78, 5) is 30.9. The lowest BCUT2D eigenvalue weighted by Gasteiger charge is -2.34. The fourth-order valence-electron chi connectivity index (χ4n) is 3.68. The van der Waals surface area contributed by atoms with Crippen LogP contribution in [0.15, 0.2) is 12.1 Å². The number of methoxy groups -OCH3 is 2. The van der Waals surface area contributed by atoms with Crippen LogP contribution in [0.5, 0.6) is 5.88 Å². The van der Waals surface area contributed by atoms with Crippen LogP contribution in [0.1, 0.15) is 43.5 Å². The van der Waals surface area contributed by atoms with E-state index in [4.69, 9.17) is 9.47 Å². The van der Waals surface area contributed by atoms with Crippen molar-refractivity contribution in [3.63, 3.8) is 0 Å². The lowest BCUT2D eigenvalue weighted by Crippen LogP contribution is -2.50. The van der Waals surface area contributed by atoms with E-state index in [0.29, 0.717) is 32.0 Å². The fraction of sp³-hybridized carbons (Fsp3) is 0.667. The Kier molecular flexibility index (Phi) is 7.87. The van der Waals surface area contributed by atoms with Gasteiger partial charge in [-0.05, 0) is 44.2 Å². The van der Waals surface area contributed by atoms with Crippen LogP contribution in [-0.4, -0.2) is 74.5 Å². The van der Waals surface area contributed by atoms with Crippen LogP contribution < -0.4 is 15.4 Å². The van der Waals surface area contributed by atoms with Gasteiger partial charge in [0.1, 0.15) is 6.10 Å². The van der Waals surface area contributed by atoms with Crippen LogP contribution in [-0.2, 0) is 20.7 Å². The molecule has 1 unspecified atom stereocenters. The Hall–Kier alpha value is -2.39. The van der Waals surface area contributed by atoms with Crippen molar-refractivity contribution < 1.29 is 23.8 Å². The second-order valence-corrected chi connectivity index (χ2v) is 7.67. The third kappa shape index (κ3) is 5.82. The molecule has 2 aliphatic rings. The first-order valence-electron chi connectivity index (χ1n) is 10.5. The van der Waals surface area contributed by atoms with E-state index in [2.05, 4.69) is 20.4 Å². The second-order valence-electron chi connectivity index (χ2n) is 7.67. The largest absolute Gasteiger partial charge is 0.481 e.